The lowest BCUT2D eigenvalue weighted by Gasteiger charge is -2.00. The molecule has 0 saturated carbocycles. The molecular formula is C9H5Cl3O2S. The molecule has 0 radical (unpaired) electrons. The molecule has 0 aromatic heterocycles. The molecule has 0 N–H and O–H groups in total. The van der Waals surface area contributed by atoms with Gasteiger partial charge in [-0.1, -0.05) is 34.8 Å². The van der Waals surface area contributed by atoms with Crippen LogP contribution in [0.15, 0.2) is 12.1 Å². The van der Waals surface area contributed by atoms with E-state index in [-0.39, 0.29) is 20.6 Å². The molecule has 1 aromatic rings. The number of sulfone groups is 1. The fourth-order valence-electron chi connectivity index (χ4n) is 0.785. The van der Waals surface area contributed by atoms with Gasteiger partial charge in [0, 0.05) is 5.25 Å². The van der Waals surface area contributed by atoms with E-state index < -0.39 is 9.84 Å². The minimum atomic E-state index is -3.39. The summed E-state index contributed by atoms with van der Waals surface area (Å²) in [4.78, 5) is 0. The molecule has 0 aliphatic heterocycles. The average molecular weight is 284 g/mol. The standard InChI is InChI=1S/C9H5Cl3O2S/c1-15(13,14)5-4-6-7(10)2-3-8(11)9(6)12/h2-3H,1H3. The maximum absolute atomic E-state index is 10.8. The van der Waals surface area contributed by atoms with Crippen LogP contribution in [0.2, 0.25) is 15.1 Å². The number of hydrogen-bond acceptors (Lipinski definition) is 2. The molecule has 0 bridgehead atoms. The zero-order valence-corrected chi connectivity index (χ0v) is 10.6. The fourth-order valence-corrected chi connectivity index (χ4v) is 1.70. The molecule has 0 saturated heterocycles. The minimum absolute atomic E-state index is 0.153. The summed E-state index contributed by atoms with van der Waals surface area (Å²) in [7, 11) is -3.39. The van der Waals surface area contributed by atoms with E-state index in [0.717, 1.165) is 6.26 Å². The van der Waals surface area contributed by atoms with Crippen LogP contribution < -0.4 is 0 Å². The number of hydrogen-bond donors (Lipinski definition) is 0. The first-order valence-electron chi connectivity index (χ1n) is 3.67. The second-order valence-corrected chi connectivity index (χ2v) is 5.66. The lowest BCUT2D eigenvalue weighted by molar-refractivity contribution is 0.611. The Balaban J connectivity index is 3.37. The zero-order valence-electron chi connectivity index (χ0n) is 7.51. The molecule has 0 fully saturated rings. The van der Waals surface area contributed by atoms with Gasteiger partial charge in [-0.05, 0) is 18.1 Å². The Bertz CT molecular complexity index is 553. The van der Waals surface area contributed by atoms with Gasteiger partial charge >= 0.3 is 0 Å². The third-order valence-corrected chi connectivity index (χ3v) is 3.00. The van der Waals surface area contributed by atoms with Crippen LogP contribution in [-0.2, 0) is 9.84 Å². The highest BCUT2D eigenvalue weighted by atomic mass is 35.5. The molecule has 1 aromatic carbocycles. The molecule has 1 rings (SSSR count). The molecule has 0 unspecified atom stereocenters. The topological polar surface area (TPSA) is 34.1 Å². The van der Waals surface area contributed by atoms with Gasteiger partial charge < -0.3 is 0 Å². The van der Waals surface area contributed by atoms with Crippen molar-refractivity contribution >= 4 is 44.6 Å². The number of halogens is 3. The molecule has 80 valence electrons. The lowest BCUT2D eigenvalue weighted by atomic mass is 10.2. The molecule has 0 heterocycles. The van der Waals surface area contributed by atoms with Crippen LogP contribution in [0.4, 0.5) is 0 Å². The van der Waals surface area contributed by atoms with Gasteiger partial charge in [-0.2, -0.15) is 0 Å². The van der Waals surface area contributed by atoms with Crippen molar-refractivity contribution in [1.82, 2.24) is 0 Å². The first-order chi connectivity index (χ1) is 6.81. The molecule has 6 heteroatoms. The highest BCUT2D eigenvalue weighted by Crippen LogP contribution is 2.30. The van der Waals surface area contributed by atoms with E-state index in [9.17, 15) is 8.42 Å². The van der Waals surface area contributed by atoms with Gasteiger partial charge in [0.2, 0.25) is 9.84 Å². The second kappa shape index (κ2) is 4.63. The second-order valence-electron chi connectivity index (χ2n) is 2.72. The Kier molecular flexibility index (Phi) is 3.91. The summed E-state index contributed by atoms with van der Waals surface area (Å²) in [5.74, 6) is 2.38. The van der Waals surface area contributed by atoms with Crippen LogP contribution in [0.25, 0.3) is 0 Å². The van der Waals surface area contributed by atoms with E-state index in [1.807, 2.05) is 5.25 Å². The van der Waals surface area contributed by atoms with E-state index in [1.165, 1.54) is 12.1 Å². The van der Waals surface area contributed by atoms with Gasteiger partial charge in [-0.3, -0.25) is 0 Å². The smallest absolute Gasteiger partial charge is 0.214 e. The number of rotatable bonds is 0. The van der Waals surface area contributed by atoms with Crippen molar-refractivity contribution < 1.29 is 8.42 Å². The van der Waals surface area contributed by atoms with Crippen molar-refractivity contribution in [2.45, 2.75) is 0 Å². The van der Waals surface area contributed by atoms with Crippen molar-refractivity contribution in [3.05, 3.63) is 32.8 Å². The average Bonchev–Trinajstić information content (AvgIpc) is 2.10. The fraction of sp³-hybridized carbons (Fsp3) is 0.111. The normalized spacial score (nSPS) is 10.7. The van der Waals surface area contributed by atoms with E-state index in [2.05, 4.69) is 5.92 Å². The molecule has 0 spiro atoms. The molecule has 2 nitrogen and oxygen atoms in total. The third kappa shape index (κ3) is 3.58. The van der Waals surface area contributed by atoms with Crippen molar-refractivity contribution in [2.75, 3.05) is 6.26 Å². The van der Waals surface area contributed by atoms with Gasteiger partial charge in [0.1, 0.15) is 0 Å². The van der Waals surface area contributed by atoms with Gasteiger partial charge in [-0.15, -0.1) is 0 Å². The molecular weight excluding hydrogens is 279 g/mol. The van der Waals surface area contributed by atoms with Crippen LogP contribution in [0.5, 0.6) is 0 Å². The molecule has 0 aliphatic carbocycles. The highest BCUT2D eigenvalue weighted by Gasteiger charge is 2.07. The summed E-state index contributed by atoms with van der Waals surface area (Å²) in [6, 6.07) is 3.01. The Morgan fingerprint density at radius 3 is 2.20 bits per heavy atom. The number of benzene rings is 1. The van der Waals surface area contributed by atoms with Crippen LogP contribution in [0, 0.1) is 11.2 Å². The van der Waals surface area contributed by atoms with Gasteiger partial charge in [0.15, 0.2) is 0 Å². The molecule has 0 aliphatic rings. The Morgan fingerprint density at radius 1 is 1.13 bits per heavy atom. The molecule has 15 heavy (non-hydrogen) atoms. The van der Waals surface area contributed by atoms with E-state index in [1.54, 1.807) is 0 Å². The van der Waals surface area contributed by atoms with Gasteiger partial charge in [0.05, 0.1) is 26.9 Å². The van der Waals surface area contributed by atoms with Crippen molar-refractivity contribution in [2.24, 2.45) is 0 Å². The molecule has 0 atom stereocenters. The molecule has 0 amide bonds. The van der Waals surface area contributed by atoms with Crippen LogP contribution in [0.1, 0.15) is 5.56 Å². The first kappa shape index (κ1) is 12.7. The van der Waals surface area contributed by atoms with Crippen molar-refractivity contribution in [3.8, 4) is 11.2 Å². The van der Waals surface area contributed by atoms with E-state index in [0.29, 0.717) is 0 Å². The van der Waals surface area contributed by atoms with E-state index in [4.69, 9.17) is 34.8 Å². The summed E-state index contributed by atoms with van der Waals surface area (Å²) < 4.78 is 21.6. The monoisotopic (exact) mass is 282 g/mol. The minimum Gasteiger partial charge on any atom is -0.216 e. The van der Waals surface area contributed by atoms with Crippen LogP contribution in [0.3, 0.4) is 0 Å². The Labute approximate surface area is 103 Å². The Hall–Kier alpha value is -0.400. The predicted molar refractivity (Wildman–Crippen MR) is 63.2 cm³/mol. The highest BCUT2D eigenvalue weighted by molar-refractivity contribution is 7.95. The zero-order chi connectivity index (χ0) is 11.6. The summed E-state index contributed by atoms with van der Waals surface area (Å²) in [5.41, 5.74) is 0.219. The maximum atomic E-state index is 10.8. The third-order valence-electron chi connectivity index (χ3n) is 1.41. The van der Waals surface area contributed by atoms with Gasteiger partial charge in [0.25, 0.3) is 0 Å². The van der Waals surface area contributed by atoms with Gasteiger partial charge in [-0.25, -0.2) is 8.42 Å². The largest absolute Gasteiger partial charge is 0.216 e. The predicted octanol–water partition coefficient (Wildman–Crippen LogP) is 3.00. The quantitative estimate of drug-likeness (QED) is 0.542. The summed E-state index contributed by atoms with van der Waals surface area (Å²) in [6.45, 7) is 0. The van der Waals surface area contributed by atoms with E-state index >= 15 is 0 Å². The van der Waals surface area contributed by atoms with Crippen LogP contribution in [-0.4, -0.2) is 14.7 Å². The first-order valence-corrected chi connectivity index (χ1v) is 6.70. The summed E-state index contributed by atoms with van der Waals surface area (Å²) in [6.07, 6.45) is 0.992. The van der Waals surface area contributed by atoms with Crippen LogP contribution >= 0.6 is 34.8 Å². The maximum Gasteiger partial charge on any atom is 0.214 e. The van der Waals surface area contributed by atoms with Crippen molar-refractivity contribution in [1.29, 1.82) is 0 Å². The SMILES string of the molecule is CS(=O)(=O)C#Cc1c(Cl)ccc(Cl)c1Cl. The van der Waals surface area contributed by atoms with Crippen molar-refractivity contribution in [3.63, 3.8) is 0 Å². The summed E-state index contributed by atoms with van der Waals surface area (Å²) in [5, 5.41) is 2.74. The Morgan fingerprint density at radius 2 is 1.67 bits per heavy atom. The summed E-state index contributed by atoms with van der Waals surface area (Å²) >= 11 is 17.3. The lowest BCUT2D eigenvalue weighted by Crippen LogP contribution is -1.90.